The van der Waals surface area contributed by atoms with Gasteiger partial charge in [-0.1, -0.05) is 30.3 Å². The van der Waals surface area contributed by atoms with Gasteiger partial charge in [-0.3, -0.25) is 4.99 Å². The number of hydrogen-bond donors (Lipinski definition) is 0. The summed E-state index contributed by atoms with van der Waals surface area (Å²) in [7, 11) is -6.00. The lowest BCUT2D eigenvalue weighted by Gasteiger charge is -2.08. The van der Waals surface area contributed by atoms with Crippen LogP contribution in [0.25, 0.3) is 6.08 Å². The Morgan fingerprint density at radius 1 is 1.24 bits per heavy atom. The second-order valence-electron chi connectivity index (χ2n) is 4.28. The molecule has 0 bridgehead atoms. The van der Waals surface area contributed by atoms with E-state index >= 15 is 0 Å². The molecule has 0 saturated carbocycles. The topological polar surface area (TPSA) is 21.6 Å². The number of nitrogens with zero attached hydrogens (tertiary/aromatic N) is 1. The van der Waals surface area contributed by atoms with E-state index in [0.717, 1.165) is 30.9 Å². The monoisotopic (exact) mass is 302 g/mol. The van der Waals surface area contributed by atoms with Gasteiger partial charge < -0.3 is 22.0 Å². The molecule has 0 saturated heterocycles. The molecule has 1 aliphatic rings. The molecule has 0 fully saturated rings. The SMILES string of the molecule is CCOC(=Cc1ccccc1)C1=NCCC1.F[B-](F)(F)F. The summed E-state index contributed by atoms with van der Waals surface area (Å²) < 4.78 is 44.7. The Morgan fingerprint density at radius 2 is 1.86 bits per heavy atom. The molecule has 0 aliphatic carbocycles. The third-order valence-corrected chi connectivity index (χ3v) is 2.56. The number of rotatable bonds is 4. The highest BCUT2D eigenvalue weighted by atomic mass is 19.5. The van der Waals surface area contributed by atoms with Crippen molar-refractivity contribution in [1.82, 2.24) is 0 Å². The van der Waals surface area contributed by atoms with E-state index in [-0.39, 0.29) is 0 Å². The van der Waals surface area contributed by atoms with Crippen LogP contribution in [-0.2, 0) is 4.74 Å². The predicted molar refractivity (Wildman–Crippen MR) is 77.8 cm³/mol. The van der Waals surface area contributed by atoms with Gasteiger partial charge in [-0.25, -0.2) is 0 Å². The van der Waals surface area contributed by atoms with Crippen LogP contribution in [0.4, 0.5) is 17.3 Å². The van der Waals surface area contributed by atoms with Crippen molar-refractivity contribution in [2.24, 2.45) is 4.99 Å². The van der Waals surface area contributed by atoms with Crippen molar-refractivity contribution in [2.75, 3.05) is 13.2 Å². The van der Waals surface area contributed by atoms with Crippen LogP contribution in [0.5, 0.6) is 0 Å². The minimum atomic E-state index is -6.00. The van der Waals surface area contributed by atoms with E-state index in [9.17, 15) is 17.3 Å². The lowest BCUT2D eigenvalue weighted by atomic mass is 10.1. The van der Waals surface area contributed by atoms with Crippen LogP contribution in [0.1, 0.15) is 25.3 Å². The van der Waals surface area contributed by atoms with Crippen LogP contribution in [0.3, 0.4) is 0 Å². The molecule has 0 amide bonds. The average Bonchev–Trinajstić information content (AvgIpc) is 2.91. The van der Waals surface area contributed by atoms with Gasteiger partial charge in [0.1, 0.15) is 5.76 Å². The first-order valence-electron chi connectivity index (χ1n) is 6.70. The minimum Gasteiger partial charge on any atom is -0.492 e. The van der Waals surface area contributed by atoms with E-state index < -0.39 is 7.25 Å². The highest BCUT2D eigenvalue weighted by molar-refractivity contribution is 6.50. The van der Waals surface area contributed by atoms with E-state index in [1.165, 1.54) is 5.56 Å². The zero-order valence-electron chi connectivity index (χ0n) is 11.7. The third-order valence-electron chi connectivity index (χ3n) is 2.56. The number of hydrogen-bond acceptors (Lipinski definition) is 2. The first-order valence-corrected chi connectivity index (χ1v) is 6.70. The number of benzene rings is 1. The molecule has 0 unspecified atom stereocenters. The number of halogens is 4. The van der Waals surface area contributed by atoms with Crippen LogP contribution in [0.15, 0.2) is 41.1 Å². The molecule has 7 heteroatoms. The largest absolute Gasteiger partial charge is 0.673 e. The van der Waals surface area contributed by atoms with Gasteiger partial charge in [-0.15, -0.1) is 0 Å². The molecule has 1 heterocycles. The summed E-state index contributed by atoms with van der Waals surface area (Å²) in [5.74, 6) is 0.936. The third kappa shape index (κ3) is 8.17. The maximum absolute atomic E-state index is 9.75. The molecule has 0 spiro atoms. The van der Waals surface area contributed by atoms with Crippen molar-refractivity contribution in [1.29, 1.82) is 0 Å². The van der Waals surface area contributed by atoms with Crippen LogP contribution in [0, 0.1) is 0 Å². The maximum Gasteiger partial charge on any atom is 0.673 e. The van der Waals surface area contributed by atoms with Crippen molar-refractivity contribution in [3.63, 3.8) is 0 Å². The molecule has 2 rings (SSSR count). The summed E-state index contributed by atoms with van der Waals surface area (Å²) in [4.78, 5) is 4.47. The summed E-state index contributed by atoms with van der Waals surface area (Å²) in [6.07, 6.45) is 4.26. The van der Waals surface area contributed by atoms with Gasteiger partial charge in [-0.2, -0.15) is 0 Å². The van der Waals surface area contributed by atoms with E-state index in [1.807, 2.05) is 25.1 Å². The Morgan fingerprint density at radius 3 is 2.33 bits per heavy atom. The van der Waals surface area contributed by atoms with E-state index in [1.54, 1.807) is 0 Å². The number of aliphatic imine (C=N–C) groups is 1. The summed E-state index contributed by atoms with van der Waals surface area (Å²) in [6.45, 7) is 3.64. The van der Waals surface area contributed by atoms with Crippen molar-refractivity contribution in [3.8, 4) is 0 Å². The molecule has 0 N–H and O–H groups in total. The first-order chi connectivity index (χ1) is 9.90. The van der Waals surface area contributed by atoms with Crippen molar-refractivity contribution >= 4 is 19.0 Å². The van der Waals surface area contributed by atoms with E-state index in [0.29, 0.717) is 6.61 Å². The van der Waals surface area contributed by atoms with Crippen LogP contribution >= 0.6 is 0 Å². The van der Waals surface area contributed by atoms with Gasteiger partial charge >= 0.3 is 7.25 Å². The minimum absolute atomic E-state index is 0.692. The fraction of sp³-hybridized carbons (Fsp3) is 0.357. The zero-order valence-corrected chi connectivity index (χ0v) is 11.7. The lowest BCUT2D eigenvalue weighted by Crippen LogP contribution is -2.03. The smallest absolute Gasteiger partial charge is 0.492 e. The molecule has 1 aromatic carbocycles. The molecule has 2 nitrogen and oxygen atoms in total. The molecule has 0 atom stereocenters. The number of ether oxygens (including phenoxy) is 1. The van der Waals surface area contributed by atoms with E-state index in [2.05, 4.69) is 23.2 Å². The van der Waals surface area contributed by atoms with Gasteiger partial charge in [0.15, 0.2) is 0 Å². The Labute approximate surface area is 121 Å². The second-order valence-corrected chi connectivity index (χ2v) is 4.28. The summed E-state index contributed by atoms with van der Waals surface area (Å²) in [6, 6.07) is 10.2. The fourth-order valence-corrected chi connectivity index (χ4v) is 1.81. The standard InChI is InChI=1S/C14H17NO.BF4/c1-2-16-14(13-9-6-10-15-13)11-12-7-4-3-5-8-12;2-1(3,4)5/h3-5,7-8,11H,2,6,9-10H2,1H3;/q;-1. The van der Waals surface area contributed by atoms with Crippen molar-refractivity contribution in [3.05, 3.63) is 41.7 Å². The summed E-state index contributed by atoms with van der Waals surface area (Å²) >= 11 is 0. The van der Waals surface area contributed by atoms with E-state index in [4.69, 9.17) is 4.74 Å². The average molecular weight is 302 g/mol. The molecule has 0 aromatic heterocycles. The highest BCUT2D eigenvalue weighted by Crippen LogP contribution is 2.16. The number of allylic oxidation sites excluding steroid dienone is 1. The van der Waals surface area contributed by atoms with Gasteiger partial charge in [0.05, 0.1) is 12.3 Å². The second kappa shape index (κ2) is 8.49. The van der Waals surface area contributed by atoms with Gasteiger partial charge in [0.25, 0.3) is 0 Å². The molecular weight excluding hydrogens is 285 g/mol. The maximum atomic E-state index is 9.75. The molecule has 1 aromatic rings. The van der Waals surface area contributed by atoms with Gasteiger partial charge in [0.2, 0.25) is 0 Å². The molecular formula is C14H17BF4NO-. The molecule has 21 heavy (non-hydrogen) atoms. The van der Waals surface area contributed by atoms with Crippen LogP contribution in [-0.4, -0.2) is 26.1 Å². The molecule has 1 aliphatic heterocycles. The van der Waals surface area contributed by atoms with Crippen molar-refractivity contribution in [2.45, 2.75) is 19.8 Å². The Balaban J connectivity index is 0.000000383. The highest BCUT2D eigenvalue weighted by Gasteiger charge is 2.20. The molecule has 0 radical (unpaired) electrons. The summed E-state index contributed by atoms with van der Waals surface area (Å²) in [5.41, 5.74) is 2.28. The fourth-order valence-electron chi connectivity index (χ4n) is 1.81. The van der Waals surface area contributed by atoms with Crippen molar-refractivity contribution < 1.29 is 22.0 Å². The Kier molecular flexibility index (Phi) is 6.98. The van der Waals surface area contributed by atoms with Crippen LogP contribution < -0.4 is 0 Å². The van der Waals surface area contributed by atoms with Gasteiger partial charge in [-0.05, 0) is 31.4 Å². The first kappa shape index (κ1) is 17.3. The Bertz CT molecular complexity index is 479. The predicted octanol–water partition coefficient (Wildman–Crippen LogP) is 4.60. The van der Waals surface area contributed by atoms with Gasteiger partial charge in [0, 0.05) is 6.54 Å². The molecule has 116 valence electrons. The lowest BCUT2D eigenvalue weighted by molar-refractivity contribution is 0.252. The zero-order chi connectivity index (χ0) is 15.7. The quantitative estimate of drug-likeness (QED) is 0.452. The van der Waals surface area contributed by atoms with Crippen LogP contribution in [0.2, 0.25) is 0 Å². The summed E-state index contributed by atoms with van der Waals surface area (Å²) in [5, 5.41) is 0. The Hall–Kier alpha value is -1.79. The normalized spacial score (nSPS) is 15.1.